The van der Waals surface area contributed by atoms with Crippen LogP contribution in [0, 0.1) is 11.3 Å². The van der Waals surface area contributed by atoms with Crippen LogP contribution in [0.15, 0.2) is 24.4 Å². The first-order valence-electron chi connectivity index (χ1n) is 8.52. The summed E-state index contributed by atoms with van der Waals surface area (Å²) >= 11 is 0. The van der Waals surface area contributed by atoms with Crippen molar-refractivity contribution in [1.82, 2.24) is 9.97 Å². The number of benzene rings is 1. The third kappa shape index (κ3) is 4.35. The molecule has 3 rings (SSSR count). The minimum Gasteiger partial charge on any atom is -0.491 e. The van der Waals surface area contributed by atoms with E-state index in [-0.39, 0.29) is 5.78 Å². The van der Waals surface area contributed by atoms with Crippen molar-refractivity contribution < 1.29 is 14.3 Å². The standard InChI is InChI=1S/C19H20N4O3/c1-25-6-7-26-15-9-13(11-20)8-14(10-15)22-19-21-12-16-17(23-19)4-2-3-5-18(16)24/h8-10,12H,2-7H2,1H3,(H,21,22,23). The third-order valence-electron chi connectivity index (χ3n) is 4.08. The molecule has 1 aromatic heterocycles. The number of anilines is 2. The second-order valence-corrected chi connectivity index (χ2v) is 6.01. The summed E-state index contributed by atoms with van der Waals surface area (Å²) < 4.78 is 10.6. The summed E-state index contributed by atoms with van der Waals surface area (Å²) in [5.74, 6) is 1.06. The molecule has 2 aromatic rings. The van der Waals surface area contributed by atoms with Gasteiger partial charge in [0.25, 0.3) is 0 Å². The highest BCUT2D eigenvalue weighted by atomic mass is 16.5. The lowest BCUT2D eigenvalue weighted by Gasteiger charge is -2.11. The van der Waals surface area contributed by atoms with E-state index in [0.29, 0.717) is 48.1 Å². The fourth-order valence-corrected chi connectivity index (χ4v) is 2.80. The minimum atomic E-state index is 0.101. The monoisotopic (exact) mass is 352 g/mol. The van der Waals surface area contributed by atoms with Gasteiger partial charge in [0.2, 0.25) is 5.95 Å². The van der Waals surface area contributed by atoms with Gasteiger partial charge in [0.15, 0.2) is 5.78 Å². The van der Waals surface area contributed by atoms with E-state index in [1.165, 1.54) is 0 Å². The molecule has 0 aliphatic heterocycles. The molecule has 1 aromatic carbocycles. The number of Topliss-reactive ketones (excluding diaryl/α,β-unsaturated/α-hetero) is 1. The van der Waals surface area contributed by atoms with Crippen LogP contribution in [-0.2, 0) is 11.2 Å². The number of carbonyl (C=O) groups excluding carboxylic acids is 1. The molecule has 1 N–H and O–H groups in total. The highest BCUT2D eigenvalue weighted by Gasteiger charge is 2.18. The van der Waals surface area contributed by atoms with E-state index in [2.05, 4.69) is 21.4 Å². The Balaban J connectivity index is 1.82. The van der Waals surface area contributed by atoms with E-state index in [1.807, 2.05) is 0 Å². The molecule has 0 bridgehead atoms. The van der Waals surface area contributed by atoms with Crippen LogP contribution < -0.4 is 10.1 Å². The van der Waals surface area contributed by atoms with E-state index >= 15 is 0 Å². The van der Waals surface area contributed by atoms with E-state index in [4.69, 9.17) is 9.47 Å². The number of ketones is 1. The van der Waals surface area contributed by atoms with Gasteiger partial charge < -0.3 is 14.8 Å². The van der Waals surface area contributed by atoms with Crippen LogP contribution in [0.25, 0.3) is 0 Å². The van der Waals surface area contributed by atoms with Crippen LogP contribution in [0.4, 0.5) is 11.6 Å². The number of hydrogen-bond donors (Lipinski definition) is 1. The molecular weight excluding hydrogens is 332 g/mol. The Bertz CT molecular complexity index is 845. The number of hydrogen-bond acceptors (Lipinski definition) is 7. The van der Waals surface area contributed by atoms with Gasteiger partial charge >= 0.3 is 0 Å². The second-order valence-electron chi connectivity index (χ2n) is 6.01. The van der Waals surface area contributed by atoms with E-state index in [9.17, 15) is 10.1 Å². The topological polar surface area (TPSA) is 97.1 Å². The average molecular weight is 352 g/mol. The number of rotatable bonds is 6. The molecule has 0 fully saturated rings. The Morgan fingerprint density at radius 1 is 1.23 bits per heavy atom. The van der Waals surface area contributed by atoms with Crippen molar-refractivity contribution in [2.24, 2.45) is 0 Å². The SMILES string of the molecule is COCCOc1cc(C#N)cc(Nc2ncc3c(n2)CCCCC3=O)c1. The fourth-order valence-electron chi connectivity index (χ4n) is 2.80. The van der Waals surface area contributed by atoms with Crippen molar-refractivity contribution in [3.05, 3.63) is 41.2 Å². The summed E-state index contributed by atoms with van der Waals surface area (Å²) in [4.78, 5) is 20.8. The van der Waals surface area contributed by atoms with Crippen molar-refractivity contribution >= 4 is 17.4 Å². The molecule has 1 aliphatic carbocycles. The van der Waals surface area contributed by atoms with E-state index in [1.54, 1.807) is 31.5 Å². The zero-order valence-electron chi connectivity index (χ0n) is 14.6. The molecule has 0 spiro atoms. The van der Waals surface area contributed by atoms with Gasteiger partial charge in [-0.1, -0.05) is 0 Å². The smallest absolute Gasteiger partial charge is 0.227 e. The summed E-state index contributed by atoms with van der Waals surface area (Å²) in [6, 6.07) is 7.25. The number of carbonyl (C=O) groups is 1. The first-order chi connectivity index (χ1) is 12.7. The summed E-state index contributed by atoms with van der Waals surface area (Å²) in [5.41, 5.74) is 2.50. The van der Waals surface area contributed by atoms with Crippen LogP contribution in [0.5, 0.6) is 5.75 Å². The van der Waals surface area contributed by atoms with Crippen LogP contribution in [0.3, 0.4) is 0 Å². The number of aromatic nitrogens is 2. The Morgan fingerprint density at radius 2 is 2.08 bits per heavy atom. The van der Waals surface area contributed by atoms with E-state index in [0.717, 1.165) is 25.0 Å². The highest BCUT2D eigenvalue weighted by molar-refractivity contribution is 5.97. The number of nitrogens with one attached hydrogen (secondary N) is 1. The number of nitrogens with zero attached hydrogens (tertiary/aromatic N) is 3. The van der Waals surface area contributed by atoms with Crippen LogP contribution in [-0.4, -0.2) is 36.1 Å². The van der Waals surface area contributed by atoms with Crippen LogP contribution >= 0.6 is 0 Å². The number of nitriles is 1. The zero-order valence-corrected chi connectivity index (χ0v) is 14.6. The molecule has 7 heteroatoms. The van der Waals surface area contributed by atoms with Gasteiger partial charge in [-0.3, -0.25) is 4.79 Å². The molecule has 1 aliphatic rings. The lowest BCUT2D eigenvalue weighted by atomic mass is 10.1. The van der Waals surface area contributed by atoms with Crippen LogP contribution in [0.1, 0.15) is 40.9 Å². The molecule has 0 amide bonds. The average Bonchev–Trinajstić information content (AvgIpc) is 2.83. The Morgan fingerprint density at radius 3 is 2.88 bits per heavy atom. The van der Waals surface area contributed by atoms with Gasteiger partial charge in [0.1, 0.15) is 12.4 Å². The summed E-state index contributed by atoms with van der Waals surface area (Å²) in [5, 5.41) is 12.3. The van der Waals surface area contributed by atoms with Gasteiger partial charge in [-0.2, -0.15) is 5.26 Å². The highest BCUT2D eigenvalue weighted by Crippen LogP contribution is 2.24. The van der Waals surface area contributed by atoms with Crippen molar-refractivity contribution in [2.75, 3.05) is 25.6 Å². The molecule has 26 heavy (non-hydrogen) atoms. The Kier molecular flexibility index (Phi) is 5.77. The quantitative estimate of drug-likeness (QED) is 0.630. The molecule has 7 nitrogen and oxygen atoms in total. The molecule has 0 saturated heterocycles. The molecule has 0 radical (unpaired) electrons. The van der Waals surface area contributed by atoms with Crippen molar-refractivity contribution in [3.63, 3.8) is 0 Å². The number of ether oxygens (including phenoxy) is 2. The number of aryl methyl sites for hydroxylation is 1. The van der Waals surface area contributed by atoms with Crippen molar-refractivity contribution in [3.8, 4) is 11.8 Å². The largest absolute Gasteiger partial charge is 0.491 e. The lowest BCUT2D eigenvalue weighted by Crippen LogP contribution is -2.07. The number of methoxy groups -OCH3 is 1. The van der Waals surface area contributed by atoms with Gasteiger partial charge in [0, 0.05) is 31.5 Å². The maximum atomic E-state index is 12.1. The minimum absolute atomic E-state index is 0.101. The molecule has 0 atom stereocenters. The lowest BCUT2D eigenvalue weighted by molar-refractivity contribution is 0.0981. The first kappa shape index (κ1) is 17.8. The molecule has 0 saturated carbocycles. The maximum absolute atomic E-state index is 12.1. The van der Waals surface area contributed by atoms with Gasteiger partial charge in [-0.05, 0) is 31.4 Å². The Labute approximate surface area is 152 Å². The number of fused-ring (bicyclic) bond motifs is 1. The molecule has 1 heterocycles. The normalized spacial score (nSPS) is 13.5. The van der Waals surface area contributed by atoms with Crippen LogP contribution in [0.2, 0.25) is 0 Å². The maximum Gasteiger partial charge on any atom is 0.227 e. The molecular formula is C19H20N4O3. The predicted molar refractivity (Wildman–Crippen MR) is 95.7 cm³/mol. The van der Waals surface area contributed by atoms with Gasteiger partial charge in [0.05, 0.1) is 29.5 Å². The molecule has 134 valence electrons. The summed E-state index contributed by atoms with van der Waals surface area (Å²) in [6.07, 6.45) is 4.72. The van der Waals surface area contributed by atoms with E-state index < -0.39 is 0 Å². The van der Waals surface area contributed by atoms with Crippen molar-refractivity contribution in [1.29, 1.82) is 5.26 Å². The summed E-state index contributed by atoms with van der Waals surface area (Å²) in [7, 11) is 1.60. The Hall–Kier alpha value is -2.98. The third-order valence-corrected chi connectivity index (χ3v) is 4.08. The second kappa shape index (κ2) is 8.41. The van der Waals surface area contributed by atoms with Crippen molar-refractivity contribution in [2.45, 2.75) is 25.7 Å². The fraction of sp³-hybridized carbons (Fsp3) is 0.368. The summed E-state index contributed by atoms with van der Waals surface area (Å²) in [6.45, 7) is 0.851. The van der Waals surface area contributed by atoms with Gasteiger partial charge in [-0.15, -0.1) is 0 Å². The molecule has 0 unspecified atom stereocenters. The zero-order chi connectivity index (χ0) is 18.4. The predicted octanol–water partition coefficient (Wildman–Crippen LogP) is 3.03. The first-order valence-corrected chi connectivity index (χ1v) is 8.52. The van der Waals surface area contributed by atoms with Gasteiger partial charge in [-0.25, -0.2) is 9.97 Å².